The number of aromatic nitrogens is 5. The molecule has 120 valence electrons. The molecule has 0 bridgehead atoms. The van der Waals surface area contributed by atoms with E-state index in [0.29, 0.717) is 34.1 Å². The molecule has 0 radical (unpaired) electrons. The predicted molar refractivity (Wildman–Crippen MR) is 87.0 cm³/mol. The molecule has 23 heavy (non-hydrogen) atoms. The molecule has 3 aromatic rings. The van der Waals surface area contributed by atoms with Crippen LogP contribution >= 0.6 is 11.3 Å². The van der Waals surface area contributed by atoms with Gasteiger partial charge in [0.25, 0.3) is 0 Å². The number of fused-ring (bicyclic) bond motifs is 1. The first kappa shape index (κ1) is 15.3. The largest absolute Gasteiger partial charge is 0.477 e. The molecular formula is C14H16N6O2S. The van der Waals surface area contributed by atoms with Crippen molar-refractivity contribution in [1.29, 1.82) is 0 Å². The Bertz CT molecular complexity index is 856. The van der Waals surface area contributed by atoms with E-state index in [1.54, 1.807) is 13.3 Å². The summed E-state index contributed by atoms with van der Waals surface area (Å²) in [5.74, 6) is 0.616. The number of thiophene rings is 1. The normalized spacial score (nSPS) is 11.0. The van der Waals surface area contributed by atoms with E-state index in [0.717, 1.165) is 17.8 Å². The van der Waals surface area contributed by atoms with Crippen molar-refractivity contribution in [2.45, 2.75) is 26.8 Å². The zero-order valence-corrected chi connectivity index (χ0v) is 13.6. The number of carboxylic acid groups (broad SMARTS) is 1. The van der Waals surface area contributed by atoms with E-state index in [2.05, 4.69) is 25.5 Å². The first-order chi connectivity index (χ1) is 11.1. The SMILES string of the molecule is CCn1cnnc1CCNc1ncnc2sc(C(=O)O)c(C)c12. The van der Waals surface area contributed by atoms with Gasteiger partial charge >= 0.3 is 5.97 Å². The Morgan fingerprint density at radius 2 is 2.26 bits per heavy atom. The van der Waals surface area contributed by atoms with Crippen LogP contribution in [0.5, 0.6) is 0 Å². The van der Waals surface area contributed by atoms with Gasteiger partial charge in [-0.05, 0) is 19.4 Å². The molecule has 0 fully saturated rings. The van der Waals surface area contributed by atoms with Crippen LogP contribution in [0, 0.1) is 6.92 Å². The summed E-state index contributed by atoms with van der Waals surface area (Å²) >= 11 is 1.17. The average Bonchev–Trinajstić information content (AvgIpc) is 3.12. The number of hydrogen-bond donors (Lipinski definition) is 2. The molecule has 3 rings (SSSR count). The molecule has 0 unspecified atom stereocenters. The molecule has 0 atom stereocenters. The molecular weight excluding hydrogens is 316 g/mol. The Labute approximate surface area is 136 Å². The highest BCUT2D eigenvalue weighted by Crippen LogP contribution is 2.33. The number of carbonyl (C=O) groups is 1. The lowest BCUT2D eigenvalue weighted by Crippen LogP contribution is -2.11. The summed E-state index contributed by atoms with van der Waals surface area (Å²) < 4.78 is 1.98. The van der Waals surface area contributed by atoms with Gasteiger partial charge in [0.05, 0.1) is 5.39 Å². The van der Waals surface area contributed by atoms with Crippen molar-refractivity contribution in [1.82, 2.24) is 24.7 Å². The van der Waals surface area contributed by atoms with Crippen molar-refractivity contribution < 1.29 is 9.90 Å². The number of aromatic carboxylic acids is 1. The van der Waals surface area contributed by atoms with Crippen molar-refractivity contribution in [3.05, 3.63) is 28.9 Å². The zero-order chi connectivity index (χ0) is 16.4. The standard InChI is InChI=1S/C14H16N6O2S/c1-3-20-7-18-19-9(20)4-5-15-12-10-8(2)11(14(21)22)23-13(10)17-6-16-12/h6-7H,3-5H2,1-2H3,(H,21,22)(H,15,16,17). The van der Waals surface area contributed by atoms with Crippen LogP contribution in [0.4, 0.5) is 5.82 Å². The summed E-state index contributed by atoms with van der Waals surface area (Å²) in [7, 11) is 0. The van der Waals surface area contributed by atoms with E-state index in [1.165, 1.54) is 17.7 Å². The molecule has 0 aliphatic heterocycles. The van der Waals surface area contributed by atoms with Crippen molar-refractivity contribution in [2.75, 3.05) is 11.9 Å². The fraction of sp³-hybridized carbons (Fsp3) is 0.357. The van der Waals surface area contributed by atoms with Gasteiger partial charge in [-0.3, -0.25) is 0 Å². The highest BCUT2D eigenvalue weighted by atomic mass is 32.1. The summed E-state index contributed by atoms with van der Waals surface area (Å²) in [5, 5.41) is 21.3. The second-order valence-electron chi connectivity index (χ2n) is 4.97. The number of anilines is 1. The lowest BCUT2D eigenvalue weighted by atomic mass is 10.2. The second kappa shape index (κ2) is 6.29. The molecule has 0 aliphatic carbocycles. The van der Waals surface area contributed by atoms with Crippen LogP contribution in [0.1, 0.15) is 28.0 Å². The van der Waals surface area contributed by atoms with Crippen LogP contribution in [-0.2, 0) is 13.0 Å². The maximum atomic E-state index is 11.3. The van der Waals surface area contributed by atoms with E-state index < -0.39 is 5.97 Å². The van der Waals surface area contributed by atoms with Crippen molar-refractivity contribution in [2.24, 2.45) is 0 Å². The molecule has 9 heteroatoms. The molecule has 0 saturated heterocycles. The fourth-order valence-electron chi connectivity index (χ4n) is 2.44. The van der Waals surface area contributed by atoms with E-state index in [9.17, 15) is 9.90 Å². The van der Waals surface area contributed by atoms with E-state index in [4.69, 9.17) is 0 Å². The minimum absolute atomic E-state index is 0.300. The van der Waals surface area contributed by atoms with Gasteiger partial charge in [-0.15, -0.1) is 21.5 Å². The van der Waals surface area contributed by atoms with E-state index in [-0.39, 0.29) is 0 Å². The Morgan fingerprint density at radius 1 is 1.43 bits per heavy atom. The van der Waals surface area contributed by atoms with Gasteiger partial charge in [0.1, 0.15) is 34.0 Å². The molecule has 0 spiro atoms. The number of aryl methyl sites for hydroxylation is 2. The van der Waals surface area contributed by atoms with Crippen LogP contribution in [-0.4, -0.2) is 42.4 Å². The highest BCUT2D eigenvalue weighted by Gasteiger charge is 2.18. The first-order valence-electron chi connectivity index (χ1n) is 7.19. The molecule has 0 amide bonds. The van der Waals surface area contributed by atoms with Crippen LogP contribution in [0.25, 0.3) is 10.2 Å². The van der Waals surface area contributed by atoms with Gasteiger partial charge in [-0.1, -0.05) is 0 Å². The van der Waals surface area contributed by atoms with Crippen molar-refractivity contribution >= 4 is 33.3 Å². The lowest BCUT2D eigenvalue weighted by Gasteiger charge is -2.07. The summed E-state index contributed by atoms with van der Waals surface area (Å²) in [6.07, 6.45) is 3.86. The Balaban J connectivity index is 1.82. The van der Waals surface area contributed by atoms with Crippen LogP contribution in [0.3, 0.4) is 0 Å². The quantitative estimate of drug-likeness (QED) is 0.710. The van der Waals surface area contributed by atoms with Gasteiger partial charge in [0, 0.05) is 19.5 Å². The van der Waals surface area contributed by atoms with Crippen LogP contribution < -0.4 is 5.32 Å². The van der Waals surface area contributed by atoms with Crippen LogP contribution in [0.15, 0.2) is 12.7 Å². The number of hydrogen-bond acceptors (Lipinski definition) is 7. The topological polar surface area (TPSA) is 106 Å². The molecule has 0 saturated carbocycles. The number of carboxylic acids is 1. The third-order valence-electron chi connectivity index (χ3n) is 3.60. The van der Waals surface area contributed by atoms with Gasteiger partial charge < -0.3 is 15.0 Å². The second-order valence-corrected chi connectivity index (χ2v) is 5.97. The molecule has 3 aromatic heterocycles. The smallest absolute Gasteiger partial charge is 0.346 e. The van der Waals surface area contributed by atoms with Crippen LogP contribution in [0.2, 0.25) is 0 Å². The van der Waals surface area contributed by atoms with E-state index in [1.807, 2.05) is 11.5 Å². The zero-order valence-electron chi connectivity index (χ0n) is 12.8. The summed E-state index contributed by atoms with van der Waals surface area (Å²) in [6.45, 7) is 5.27. The third-order valence-corrected chi connectivity index (χ3v) is 4.79. The Kier molecular flexibility index (Phi) is 4.20. The Hall–Kier alpha value is -2.55. The number of nitrogens with zero attached hydrogens (tertiary/aromatic N) is 5. The molecule has 8 nitrogen and oxygen atoms in total. The third kappa shape index (κ3) is 2.87. The minimum Gasteiger partial charge on any atom is -0.477 e. The minimum atomic E-state index is -0.938. The maximum absolute atomic E-state index is 11.3. The molecule has 0 aromatic carbocycles. The summed E-state index contributed by atoms with van der Waals surface area (Å²) in [5.41, 5.74) is 0.692. The first-order valence-corrected chi connectivity index (χ1v) is 8.01. The monoisotopic (exact) mass is 332 g/mol. The van der Waals surface area contributed by atoms with Gasteiger partial charge in [-0.25, -0.2) is 14.8 Å². The maximum Gasteiger partial charge on any atom is 0.346 e. The van der Waals surface area contributed by atoms with Gasteiger partial charge in [-0.2, -0.15) is 0 Å². The molecule has 2 N–H and O–H groups in total. The van der Waals surface area contributed by atoms with Crippen molar-refractivity contribution in [3.63, 3.8) is 0 Å². The molecule has 3 heterocycles. The summed E-state index contributed by atoms with van der Waals surface area (Å²) in [6, 6.07) is 0. The molecule has 0 aliphatic rings. The number of rotatable bonds is 6. The van der Waals surface area contributed by atoms with Crippen molar-refractivity contribution in [3.8, 4) is 0 Å². The average molecular weight is 332 g/mol. The van der Waals surface area contributed by atoms with Gasteiger partial charge in [0.15, 0.2) is 0 Å². The highest BCUT2D eigenvalue weighted by molar-refractivity contribution is 7.20. The van der Waals surface area contributed by atoms with E-state index >= 15 is 0 Å². The van der Waals surface area contributed by atoms with Gasteiger partial charge in [0.2, 0.25) is 0 Å². The lowest BCUT2D eigenvalue weighted by molar-refractivity contribution is 0.0701. The predicted octanol–water partition coefficient (Wildman–Crippen LogP) is 1.96. The fourth-order valence-corrected chi connectivity index (χ4v) is 3.43. The summed E-state index contributed by atoms with van der Waals surface area (Å²) in [4.78, 5) is 20.7. The number of nitrogens with one attached hydrogen (secondary N) is 1. The Morgan fingerprint density at radius 3 is 3.00 bits per heavy atom.